The average molecular weight is 210 g/mol. The van der Waals surface area contributed by atoms with Crippen LogP contribution in [0.2, 0.25) is 0 Å². The van der Waals surface area contributed by atoms with Crippen molar-refractivity contribution in [1.82, 2.24) is 0 Å². The summed E-state index contributed by atoms with van der Waals surface area (Å²) in [6, 6.07) is 6.50. The summed E-state index contributed by atoms with van der Waals surface area (Å²) in [6.45, 7) is 0.358. The van der Waals surface area contributed by atoms with Crippen LogP contribution in [0.3, 0.4) is 0 Å². The van der Waals surface area contributed by atoms with Gasteiger partial charge < -0.3 is 14.9 Å². The number of phenols is 1. The fraction of sp³-hybridized carbons (Fsp3) is 0.364. The number of methoxy groups -OCH3 is 1. The lowest BCUT2D eigenvalue weighted by Crippen LogP contribution is -2.11. The third-order valence-electron chi connectivity index (χ3n) is 2.15. The molecule has 0 bridgehead atoms. The highest BCUT2D eigenvalue weighted by atomic mass is 16.5. The molecular weight excluding hydrogens is 196 g/mol. The average Bonchev–Trinajstić information content (AvgIpc) is 2.17. The number of phenolic OH excluding ortho intramolecular Hbond substituents is 1. The molecule has 1 aromatic carbocycles. The molecule has 15 heavy (non-hydrogen) atoms. The molecule has 1 rings (SSSR count). The van der Waals surface area contributed by atoms with E-state index in [0.717, 1.165) is 5.56 Å². The van der Waals surface area contributed by atoms with E-state index < -0.39 is 5.97 Å². The molecule has 0 radical (unpaired) electrons. The number of carboxylic acids is 1. The molecule has 0 aliphatic heterocycles. The topological polar surface area (TPSA) is 66.8 Å². The van der Waals surface area contributed by atoms with Crippen molar-refractivity contribution >= 4 is 5.97 Å². The van der Waals surface area contributed by atoms with Gasteiger partial charge in [-0.3, -0.25) is 4.79 Å². The van der Waals surface area contributed by atoms with Crippen molar-refractivity contribution in [2.75, 3.05) is 13.7 Å². The minimum Gasteiger partial charge on any atom is -0.508 e. The number of carbonyl (C=O) groups is 1. The first-order valence-electron chi connectivity index (χ1n) is 4.63. The highest BCUT2D eigenvalue weighted by molar-refractivity contribution is 5.68. The normalized spacial score (nSPS) is 12.3. The molecule has 2 N–H and O–H groups in total. The van der Waals surface area contributed by atoms with E-state index in [1.54, 1.807) is 24.3 Å². The number of carboxylic acid groups (broad SMARTS) is 1. The van der Waals surface area contributed by atoms with Crippen LogP contribution in [0.25, 0.3) is 0 Å². The van der Waals surface area contributed by atoms with Gasteiger partial charge in [0.05, 0.1) is 13.0 Å². The predicted octanol–water partition coefficient (Wildman–Crippen LogP) is 1.60. The smallest absolute Gasteiger partial charge is 0.304 e. The molecule has 0 aliphatic rings. The molecular formula is C11H14O4. The maximum Gasteiger partial charge on any atom is 0.304 e. The molecule has 0 fully saturated rings. The van der Waals surface area contributed by atoms with Crippen molar-refractivity contribution in [3.8, 4) is 5.75 Å². The summed E-state index contributed by atoms with van der Waals surface area (Å²) in [5, 5.41) is 17.8. The van der Waals surface area contributed by atoms with Gasteiger partial charge in [-0.2, -0.15) is 0 Å². The fourth-order valence-electron chi connectivity index (χ4n) is 1.43. The van der Waals surface area contributed by atoms with Gasteiger partial charge in [-0.25, -0.2) is 0 Å². The van der Waals surface area contributed by atoms with Gasteiger partial charge in [-0.1, -0.05) is 12.1 Å². The second-order valence-corrected chi connectivity index (χ2v) is 3.34. The number of hydrogen-bond acceptors (Lipinski definition) is 3. The van der Waals surface area contributed by atoms with Gasteiger partial charge in [0, 0.05) is 13.0 Å². The fourth-order valence-corrected chi connectivity index (χ4v) is 1.43. The molecule has 0 heterocycles. The Morgan fingerprint density at radius 3 is 2.47 bits per heavy atom. The third kappa shape index (κ3) is 3.59. The van der Waals surface area contributed by atoms with Gasteiger partial charge in [0.1, 0.15) is 5.75 Å². The lowest BCUT2D eigenvalue weighted by molar-refractivity contribution is -0.137. The molecule has 1 unspecified atom stereocenters. The number of hydrogen-bond donors (Lipinski definition) is 2. The molecule has 0 aromatic heterocycles. The van der Waals surface area contributed by atoms with Crippen LogP contribution < -0.4 is 0 Å². The van der Waals surface area contributed by atoms with Crippen molar-refractivity contribution in [1.29, 1.82) is 0 Å². The molecule has 4 nitrogen and oxygen atoms in total. The van der Waals surface area contributed by atoms with E-state index in [1.807, 2.05) is 0 Å². The number of rotatable bonds is 5. The summed E-state index contributed by atoms with van der Waals surface area (Å²) in [7, 11) is 1.54. The van der Waals surface area contributed by atoms with E-state index in [4.69, 9.17) is 14.9 Å². The molecule has 0 saturated carbocycles. The molecule has 82 valence electrons. The van der Waals surface area contributed by atoms with Gasteiger partial charge in [-0.05, 0) is 17.7 Å². The van der Waals surface area contributed by atoms with Crippen LogP contribution in [0.15, 0.2) is 24.3 Å². The Kier molecular flexibility index (Phi) is 4.12. The Morgan fingerprint density at radius 1 is 1.40 bits per heavy atom. The summed E-state index contributed by atoms with van der Waals surface area (Å²) in [6.07, 6.45) is 0.0264. The molecule has 0 spiro atoms. The zero-order valence-electron chi connectivity index (χ0n) is 8.51. The molecule has 0 saturated heterocycles. The van der Waals surface area contributed by atoms with E-state index in [0.29, 0.717) is 6.61 Å². The van der Waals surface area contributed by atoms with Crippen LogP contribution in [0.1, 0.15) is 17.9 Å². The van der Waals surface area contributed by atoms with Crippen LogP contribution in [-0.4, -0.2) is 29.9 Å². The number of benzene rings is 1. The second kappa shape index (κ2) is 5.36. The van der Waals surface area contributed by atoms with Gasteiger partial charge in [0.15, 0.2) is 0 Å². The first kappa shape index (κ1) is 11.5. The van der Waals surface area contributed by atoms with Crippen molar-refractivity contribution < 1.29 is 19.7 Å². The Balaban J connectivity index is 2.78. The van der Waals surface area contributed by atoms with E-state index in [1.165, 1.54) is 7.11 Å². The summed E-state index contributed by atoms with van der Waals surface area (Å²) < 4.78 is 4.96. The van der Waals surface area contributed by atoms with Gasteiger partial charge in [0.2, 0.25) is 0 Å². The largest absolute Gasteiger partial charge is 0.508 e. The summed E-state index contributed by atoms with van der Waals surface area (Å²) in [5.41, 5.74) is 0.858. The van der Waals surface area contributed by atoms with Crippen LogP contribution >= 0.6 is 0 Å². The molecule has 0 aliphatic carbocycles. The highest BCUT2D eigenvalue weighted by Crippen LogP contribution is 2.22. The standard InChI is InChI=1S/C11H14O4/c1-15-7-9(6-11(13)14)8-2-4-10(12)5-3-8/h2-5,9,12H,6-7H2,1H3,(H,13,14). The van der Waals surface area contributed by atoms with Crippen LogP contribution in [0, 0.1) is 0 Å². The lowest BCUT2D eigenvalue weighted by atomic mass is 9.96. The third-order valence-corrected chi connectivity index (χ3v) is 2.15. The van der Waals surface area contributed by atoms with Gasteiger partial charge in [0.25, 0.3) is 0 Å². The van der Waals surface area contributed by atoms with E-state index in [9.17, 15) is 4.79 Å². The van der Waals surface area contributed by atoms with Crippen molar-refractivity contribution in [2.45, 2.75) is 12.3 Å². The predicted molar refractivity (Wildman–Crippen MR) is 55.0 cm³/mol. The molecule has 1 atom stereocenters. The van der Waals surface area contributed by atoms with E-state index >= 15 is 0 Å². The van der Waals surface area contributed by atoms with Crippen molar-refractivity contribution in [3.05, 3.63) is 29.8 Å². The van der Waals surface area contributed by atoms with Crippen LogP contribution in [-0.2, 0) is 9.53 Å². The maximum absolute atomic E-state index is 10.6. The van der Waals surface area contributed by atoms with Crippen molar-refractivity contribution in [3.63, 3.8) is 0 Å². The molecule has 0 amide bonds. The van der Waals surface area contributed by atoms with E-state index in [-0.39, 0.29) is 18.1 Å². The van der Waals surface area contributed by atoms with Gasteiger partial charge in [-0.15, -0.1) is 0 Å². The minimum absolute atomic E-state index is 0.0264. The van der Waals surface area contributed by atoms with Gasteiger partial charge >= 0.3 is 5.97 Å². The summed E-state index contributed by atoms with van der Waals surface area (Å²) in [4.78, 5) is 10.6. The number of aromatic hydroxyl groups is 1. The Hall–Kier alpha value is -1.55. The first-order valence-corrected chi connectivity index (χ1v) is 4.63. The zero-order valence-corrected chi connectivity index (χ0v) is 8.51. The second-order valence-electron chi connectivity index (χ2n) is 3.34. The maximum atomic E-state index is 10.6. The Labute approximate surface area is 88.1 Å². The molecule has 1 aromatic rings. The van der Waals surface area contributed by atoms with Crippen LogP contribution in [0.4, 0.5) is 0 Å². The SMILES string of the molecule is COCC(CC(=O)O)c1ccc(O)cc1. The number of ether oxygens (including phenoxy) is 1. The minimum atomic E-state index is -0.856. The monoisotopic (exact) mass is 210 g/mol. The van der Waals surface area contributed by atoms with Crippen LogP contribution in [0.5, 0.6) is 5.75 Å². The highest BCUT2D eigenvalue weighted by Gasteiger charge is 2.15. The summed E-state index contributed by atoms with van der Waals surface area (Å²) in [5.74, 6) is -0.858. The lowest BCUT2D eigenvalue weighted by Gasteiger charge is -2.13. The quantitative estimate of drug-likeness (QED) is 0.774. The van der Waals surface area contributed by atoms with Crippen molar-refractivity contribution in [2.24, 2.45) is 0 Å². The summed E-state index contributed by atoms with van der Waals surface area (Å²) >= 11 is 0. The molecule has 4 heteroatoms. The zero-order chi connectivity index (χ0) is 11.3. The van der Waals surface area contributed by atoms with E-state index in [2.05, 4.69) is 0 Å². The Bertz CT molecular complexity index is 318. The first-order chi connectivity index (χ1) is 7.13. The number of aliphatic carboxylic acids is 1. The Morgan fingerprint density at radius 2 is 2.00 bits per heavy atom.